The second-order valence-electron chi connectivity index (χ2n) is 5.73. The summed E-state index contributed by atoms with van der Waals surface area (Å²) in [4.78, 5) is 0. The van der Waals surface area contributed by atoms with Crippen molar-refractivity contribution in [2.75, 3.05) is 0 Å². The van der Waals surface area contributed by atoms with E-state index in [2.05, 4.69) is 29.6 Å². The van der Waals surface area contributed by atoms with Crippen LogP contribution in [0.1, 0.15) is 29.5 Å². The third-order valence-electron chi connectivity index (χ3n) is 3.94. The lowest BCUT2D eigenvalue weighted by Gasteiger charge is -2.15. The fourth-order valence-corrected chi connectivity index (χ4v) is 2.80. The van der Waals surface area contributed by atoms with Gasteiger partial charge < -0.3 is 5.32 Å². The van der Waals surface area contributed by atoms with Gasteiger partial charge in [0.1, 0.15) is 5.82 Å². The maximum Gasteiger partial charge on any atom is 0.123 e. The van der Waals surface area contributed by atoms with Gasteiger partial charge >= 0.3 is 0 Å². The highest BCUT2D eigenvalue weighted by Gasteiger charge is 2.20. The summed E-state index contributed by atoms with van der Waals surface area (Å²) in [6.45, 7) is 4.85. The summed E-state index contributed by atoms with van der Waals surface area (Å²) < 4.78 is 13.5. The molecule has 0 radical (unpaired) electrons. The molecule has 0 spiro atoms. The summed E-state index contributed by atoms with van der Waals surface area (Å²) >= 11 is 0. The highest BCUT2D eigenvalue weighted by molar-refractivity contribution is 5.73. The lowest BCUT2D eigenvalue weighted by Crippen LogP contribution is -2.16. The van der Waals surface area contributed by atoms with Crippen LogP contribution in [0.3, 0.4) is 0 Å². The average Bonchev–Trinajstić information content (AvgIpc) is 3.20. The molecule has 0 aromatic heterocycles. The van der Waals surface area contributed by atoms with Crippen molar-refractivity contribution in [2.24, 2.45) is 0 Å². The summed E-state index contributed by atoms with van der Waals surface area (Å²) in [5.41, 5.74) is 5.68. The largest absolute Gasteiger partial charge is 0.310 e. The Morgan fingerprint density at radius 3 is 2.40 bits per heavy atom. The van der Waals surface area contributed by atoms with Crippen molar-refractivity contribution >= 4 is 0 Å². The number of hydrogen-bond donors (Lipinski definition) is 1. The molecule has 0 unspecified atom stereocenters. The molecular formula is C18H20FN. The van der Waals surface area contributed by atoms with Crippen LogP contribution in [0.25, 0.3) is 11.1 Å². The first-order chi connectivity index (χ1) is 9.65. The quantitative estimate of drug-likeness (QED) is 0.869. The van der Waals surface area contributed by atoms with Gasteiger partial charge in [-0.25, -0.2) is 4.39 Å². The Hall–Kier alpha value is -1.67. The molecule has 2 heteroatoms. The zero-order valence-electron chi connectivity index (χ0n) is 12.0. The van der Waals surface area contributed by atoms with Crippen LogP contribution in [0, 0.1) is 19.7 Å². The number of hydrogen-bond acceptors (Lipinski definition) is 1. The fourth-order valence-electron chi connectivity index (χ4n) is 2.80. The molecule has 2 aromatic carbocycles. The highest BCUT2D eigenvalue weighted by Crippen LogP contribution is 2.31. The first-order valence-corrected chi connectivity index (χ1v) is 7.23. The van der Waals surface area contributed by atoms with Gasteiger partial charge in [-0.1, -0.05) is 24.3 Å². The molecule has 1 N–H and O–H groups in total. The van der Waals surface area contributed by atoms with Gasteiger partial charge in [0.05, 0.1) is 0 Å². The van der Waals surface area contributed by atoms with E-state index in [9.17, 15) is 4.39 Å². The van der Waals surface area contributed by atoms with Crippen LogP contribution in [0.15, 0.2) is 36.4 Å². The molecule has 1 nitrogen and oxygen atoms in total. The van der Waals surface area contributed by atoms with Gasteiger partial charge in [-0.2, -0.15) is 0 Å². The smallest absolute Gasteiger partial charge is 0.123 e. The molecule has 104 valence electrons. The van der Waals surface area contributed by atoms with Crippen LogP contribution >= 0.6 is 0 Å². The summed E-state index contributed by atoms with van der Waals surface area (Å²) in [7, 11) is 0. The molecule has 0 saturated heterocycles. The van der Waals surface area contributed by atoms with Gasteiger partial charge in [0.25, 0.3) is 0 Å². The lowest BCUT2D eigenvalue weighted by atomic mass is 9.92. The SMILES string of the molecule is Cc1cc(F)cc(C)c1-c1ccccc1CNC1CC1. The van der Waals surface area contributed by atoms with Crippen molar-refractivity contribution in [3.63, 3.8) is 0 Å². The van der Waals surface area contributed by atoms with E-state index in [1.54, 1.807) is 12.1 Å². The highest BCUT2D eigenvalue weighted by atomic mass is 19.1. The Labute approximate surface area is 119 Å². The molecule has 20 heavy (non-hydrogen) atoms. The summed E-state index contributed by atoms with van der Waals surface area (Å²) in [6.07, 6.45) is 2.58. The molecule has 1 saturated carbocycles. The van der Waals surface area contributed by atoms with Crippen LogP contribution in [0.2, 0.25) is 0 Å². The first-order valence-electron chi connectivity index (χ1n) is 7.23. The van der Waals surface area contributed by atoms with E-state index in [0.717, 1.165) is 17.7 Å². The normalized spacial score (nSPS) is 14.6. The van der Waals surface area contributed by atoms with Crippen LogP contribution in [0.4, 0.5) is 4.39 Å². The Morgan fingerprint density at radius 1 is 1.10 bits per heavy atom. The maximum atomic E-state index is 13.5. The predicted molar refractivity (Wildman–Crippen MR) is 81.2 cm³/mol. The Bertz CT molecular complexity index is 606. The molecule has 0 heterocycles. The minimum Gasteiger partial charge on any atom is -0.310 e. The van der Waals surface area contributed by atoms with Crippen molar-refractivity contribution in [1.82, 2.24) is 5.32 Å². The molecule has 0 amide bonds. The number of halogens is 1. The van der Waals surface area contributed by atoms with Crippen LogP contribution in [-0.4, -0.2) is 6.04 Å². The van der Waals surface area contributed by atoms with E-state index in [4.69, 9.17) is 0 Å². The maximum absolute atomic E-state index is 13.5. The first kappa shape index (κ1) is 13.3. The Balaban J connectivity index is 2.00. The lowest BCUT2D eigenvalue weighted by molar-refractivity contribution is 0.625. The van der Waals surface area contributed by atoms with Gasteiger partial charge in [0, 0.05) is 12.6 Å². The molecular weight excluding hydrogens is 249 g/mol. The molecule has 1 aliphatic carbocycles. The second kappa shape index (κ2) is 5.37. The van der Waals surface area contributed by atoms with E-state index in [0.29, 0.717) is 6.04 Å². The minimum absolute atomic E-state index is 0.155. The van der Waals surface area contributed by atoms with E-state index >= 15 is 0 Å². The monoisotopic (exact) mass is 269 g/mol. The number of benzene rings is 2. The van der Waals surface area contributed by atoms with Gasteiger partial charge in [0.15, 0.2) is 0 Å². The van der Waals surface area contributed by atoms with Crippen LogP contribution in [0.5, 0.6) is 0 Å². The minimum atomic E-state index is -0.155. The number of rotatable bonds is 4. The summed E-state index contributed by atoms with van der Waals surface area (Å²) in [6, 6.07) is 12.4. The van der Waals surface area contributed by atoms with Gasteiger partial charge in [-0.05, 0) is 66.6 Å². The third-order valence-corrected chi connectivity index (χ3v) is 3.94. The van der Waals surface area contributed by atoms with E-state index in [1.165, 1.54) is 29.5 Å². The van der Waals surface area contributed by atoms with Gasteiger partial charge in [-0.15, -0.1) is 0 Å². The van der Waals surface area contributed by atoms with Crippen molar-refractivity contribution in [2.45, 2.75) is 39.3 Å². The van der Waals surface area contributed by atoms with Crippen molar-refractivity contribution in [3.05, 3.63) is 58.9 Å². The van der Waals surface area contributed by atoms with E-state index in [1.807, 2.05) is 13.8 Å². The third kappa shape index (κ3) is 2.75. The van der Waals surface area contributed by atoms with E-state index in [-0.39, 0.29) is 5.82 Å². The predicted octanol–water partition coefficient (Wildman–Crippen LogP) is 4.36. The number of nitrogens with one attached hydrogen (secondary N) is 1. The standard InChI is InChI=1S/C18H20FN/c1-12-9-15(19)10-13(2)18(12)17-6-4-3-5-14(17)11-20-16-7-8-16/h3-6,9-10,16,20H,7-8,11H2,1-2H3. The molecule has 2 aromatic rings. The second-order valence-corrected chi connectivity index (χ2v) is 5.73. The van der Waals surface area contributed by atoms with Gasteiger partial charge in [-0.3, -0.25) is 0 Å². The van der Waals surface area contributed by atoms with Crippen molar-refractivity contribution in [3.8, 4) is 11.1 Å². The van der Waals surface area contributed by atoms with Crippen LogP contribution in [-0.2, 0) is 6.54 Å². The summed E-state index contributed by atoms with van der Waals surface area (Å²) in [5, 5.41) is 3.56. The van der Waals surface area contributed by atoms with Gasteiger partial charge in [0.2, 0.25) is 0 Å². The zero-order chi connectivity index (χ0) is 14.1. The van der Waals surface area contributed by atoms with E-state index < -0.39 is 0 Å². The Morgan fingerprint density at radius 2 is 1.75 bits per heavy atom. The fraction of sp³-hybridized carbons (Fsp3) is 0.333. The van der Waals surface area contributed by atoms with Crippen molar-refractivity contribution < 1.29 is 4.39 Å². The topological polar surface area (TPSA) is 12.0 Å². The van der Waals surface area contributed by atoms with Crippen LogP contribution < -0.4 is 5.32 Å². The number of aryl methyl sites for hydroxylation is 2. The molecule has 1 fully saturated rings. The molecule has 0 bridgehead atoms. The zero-order valence-corrected chi connectivity index (χ0v) is 12.0. The molecule has 0 atom stereocenters. The molecule has 0 aliphatic heterocycles. The Kier molecular flexibility index (Phi) is 3.58. The average molecular weight is 269 g/mol. The molecule has 3 rings (SSSR count). The van der Waals surface area contributed by atoms with Crippen molar-refractivity contribution in [1.29, 1.82) is 0 Å². The summed E-state index contributed by atoms with van der Waals surface area (Å²) in [5.74, 6) is -0.155. The molecule has 1 aliphatic rings.